The van der Waals surface area contributed by atoms with Gasteiger partial charge in [-0.2, -0.15) is 0 Å². The highest BCUT2D eigenvalue weighted by molar-refractivity contribution is 5.92. The SMILES string of the molecule is C=CCC(CC)C(=O)Nc1ccccc1. The molecule has 2 heteroatoms. The van der Waals surface area contributed by atoms with E-state index < -0.39 is 0 Å². The molecule has 1 rings (SSSR count). The van der Waals surface area contributed by atoms with Crippen LogP contribution in [0.15, 0.2) is 43.0 Å². The number of carbonyl (C=O) groups excluding carboxylic acids is 1. The molecule has 0 aliphatic rings. The highest BCUT2D eigenvalue weighted by atomic mass is 16.1. The van der Waals surface area contributed by atoms with E-state index in [-0.39, 0.29) is 11.8 Å². The van der Waals surface area contributed by atoms with Gasteiger partial charge in [0.15, 0.2) is 0 Å². The largest absolute Gasteiger partial charge is 0.326 e. The minimum absolute atomic E-state index is 0.0303. The van der Waals surface area contributed by atoms with Crippen LogP contribution in [0.1, 0.15) is 19.8 Å². The number of anilines is 1. The Hall–Kier alpha value is -1.57. The van der Waals surface area contributed by atoms with E-state index in [1.165, 1.54) is 0 Å². The molecule has 0 radical (unpaired) electrons. The number of nitrogens with one attached hydrogen (secondary N) is 1. The number of rotatable bonds is 5. The second kappa shape index (κ2) is 6.02. The first-order valence-corrected chi connectivity index (χ1v) is 5.24. The quantitative estimate of drug-likeness (QED) is 0.731. The molecule has 1 amide bonds. The van der Waals surface area contributed by atoms with E-state index in [0.29, 0.717) is 0 Å². The molecule has 1 N–H and O–H groups in total. The predicted octanol–water partition coefficient (Wildman–Crippen LogP) is 3.23. The van der Waals surface area contributed by atoms with E-state index in [1.807, 2.05) is 37.3 Å². The average molecular weight is 203 g/mol. The number of hydrogen-bond acceptors (Lipinski definition) is 1. The summed E-state index contributed by atoms with van der Waals surface area (Å²) in [6.45, 7) is 5.67. The van der Waals surface area contributed by atoms with Gasteiger partial charge in [-0.15, -0.1) is 6.58 Å². The van der Waals surface area contributed by atoms with Crippen molar-refractivity contribution < 1.29 is 4.79 Å². The topological polar surface area (TPSA) is 29.1 Å². The molecule has 0 spiro atoms. The third-order valence-corrected chi connectivity index (χ3v) is 2.36. The Kier molecular flexibility index (Phi) is 4.61. The summed E-state index contributed by atoms with van der Waals surface area (Å²) in [7, 11) is 0. The van der Waals surface area contributed by atoms with Gasteiger partial charge in [-0.05, 0) is 25.0 Å². The normalized spacial score (nSPS) is 11.8. The average Bonchev–Trinajstić information content (AvgIpc) is 2.27. The summed E-state index contributed by atoms with van der Waals surface area (Å²) in [4.78, 5) is 11.8. The van der Waals surface area contributed by atoms with Gasteiger partial charge in [0.05, 0.1) is 0 Å². The molecule has 1 unspecified atom stereocenters. The number of allylic oxidation sites excluding steroid dienone is 1. The van der Waals surface area contributed by atoms with Crippen molar-refractivity contribution >= 4 is 11.6 Å². The third-order valence-electron chi connectivity index (χ3n) is 2.36. The van der Waals surface area contributed by atoms with E-state index in [2.05, 4.69) is 11.9 Å². The van der Waals surface area contributed by atoms with Crippen LogP contribution in [0.5, 0.6) is 0 Å². The lowest BCUT2D eigenvalue weighted by Crippen LogP contribution is -2.21. The zero-order valence-corrected chi connectivity index (χ0v) is 9.07. The molecule has 2 nitrogen and oxygen atoms in total. The standard InChI is InChI=1S/C13H17NO/c1-3-8-11(4-2)13(15)14-12-9-6-5-7-10-12/h3,5-7,9-11H,1,4,8H2,2H3,(H,14,15). The van der Waals surface area contributed by atoms with E-state index in [1.54, 1.807) is 6.08 Å². The second-order valence-electron chi connectivity index (χ2n) is 3.48. The van der Waals surface area contributed by atoms with Crippen LogP contribution in [0.25, 0.3) is 0 Å². The maximum absolute atomic E-state index is 11.8. The number of benzene rings is 1. The Morgan fingerprint density at radius 2 is 2.13 bits per heavy atom. The molecule has 0 saturated heterocycles. The Balaban J connectivity index is 2.58. The van der Waals surface area contributed by atoms with Crippen LogP contribution >= 0.6 is 0 Å². The molecule has 0 bridgehead atoms. The summed E-state index contributed by atoms with van der Waals surface area (Å²) in [5, 5.41) is 2.89. The summed E-state index contributed by atoms with van der Waals surface area (Å²) in [5.41, 5.74) is 0.852. The van der Waals surface area contributed by atoms with E-state index in [9.17, 15) is 4.79 Å². The Morgan fingerprint density at radius 1 is 1.47 bits per heavy atom. The van der Waals surface area contributed by atoms with Gasteiger partial charge in [0.25, 0.3) is 0 Å². The van der Waals surface area contributed by atoms with E-state index >= 15 is 0 Å². The summed E-state index contributed by atoms with van der Waals surface area (Å²) in [6, 6.07) is 9.52. The highest BCUT2D eigenvalue weighted by Crippen LogP contribution is 2.13. The van der Waals surface area contributed by atoms with Crippen molar-refractivity contribution in [3.05, 3.63) is 43.0 Å². The maximum atomic E-state index is 11.8. The number of carbonyl (C=O) groups is 1. The number of amides is 1. The van der Waals surface area contributed by atoms with Gasteiger partial charge in [0, 0.05) is 11.6 Å². The van der Waals surface area contributed by atoms with Gasteiger partial charge < -0.3 is 5.32 Å². The molecule has 0 heterocycles. The highest BCUT2D eigenvalue weighted by Gasteiger charge is 2.14. The first kappa shape index (κ1) is 11.5. The van der Waals surface area contributed by atoms with Crippen molar-refractivity contribution in [1.29, 1.82) is 0 Å². The monoisotopic (exact) mass is 203 g/mol. The molecule has 1 aromatic rings. The molecule has 0 aromatic heterocycles. The van der Waals surface area contributed by atoms with Crippen molar-refractivity contribution in [1.82, 2.24) is 0 Å². The van der Waals surface area contributed by atoms with E-state index in [4.69, 9.17) is 0 Å². The first-order chi connectivity index (χ1) is 7.27. The molecular formula is C13H17NO. The van der Waals surface area contributed by atoms with E-state index in [0.717, 1.165) is 18.5 Å². The van der Waals surface area contributed by atoms with Gasteiger partial charge >= 0.3 is 0 Å². The van der Waals surface area contributed by atoms with Crippen molar-refractivity contribution in [3.63, 3.8) is 0 Å². The first-order valence-electron chi connectivity index (χ1n) is 5.24. The van der Waals surface area contributed by atoms with Crippen LogP contribution in [0.4, 0.5) is 5.69 Å². The molecule has 15 heavy (non-hydrogen) atoms. The summed E-state index contributed by atoms with van der Waals surface area (Å²) >= 11 is 0. The predicted molar refractivity (Wildman–Crippen MR) is 63.7 cm³/mol. The minimum Gasteiger partial charge on any atom is -0.326 e. The summed E-state index contributed by atoms with van der Waals surface area (Å²) in [5.74, 6) is 0.103. The van der Waals surface area contributed by atoms with Crippen LogP contribution < -0.4 is 5.32 Å². The fourth-order valence-corrected chi connectivity index (χ4v) is 1.43. The van der Waals surface area contributed by atoms with Gasteiger partial charge in [0.2, 0.25) is 5.91 Å². The van der Waals surface area contributed by atoms with Crippen molar-refractivity contribution in [2.24, 2.45) is 5.92 Å². The summed E-state index contributed by atoms with van der Waals surface area (Å²) < 4.78 is 0. The van der Waals surface area contributed by atoms with Crippen LogP contribution in [-0.2, 0) is 4.79 Å². The van der Waals surface area contributed by atoms with Crippen molar-refractivity contribution in [2.45, 2.75) is 19.8 Å². The van der Waals surface area contributed by atoms with Gasteiger partial charge in [-0.25, -0.2) is 0 Å². The van der Waals surface area contributed by atoms with Crippen LogP contribution in [-0.4, -0.2) is 5.91 Å². The van der Waals surface area contributed by atoms with Crippen LogP contribution in [0.2, 0.25) is 0 Å². The zero-order chi connectivity index (χ0) is 11.1. The molecule has 0 fully saturated rings. The molecule has 80 valence electrons. The lowest BCUT2D eigenvalue weighted by Gasteiger charge is -2.12. The molecule has 0 aliphatic carbocycles. The van der Waals surface area contributed by atoms with Gasteiger partial charge in [-0.3, -0.25) is 4.79 Å². The minimum atomic E-state index is 0.0303. The lowest BCUT2D eigenvalue weighted by molar-refractivity contribution is -0.119. The molecular weight excluding hydrogens is 186 g/mol. The molecule has 1 aromatic carbocycles. The number of para-hydroxylation sites is 1. The van der Waals surface area contributed by atoms with Crippen LogP contribution in [0.3, 0.4) is 0 Å². The zero-order valence-electron chi connectivity index (χ0n) is 9.07. The second-order valence-corrected chi connectivity index (χ2v) is 3.48. The van der Waals surface area contributed by atoms with Gasteiger partial charge in [-0.1, -0.05) is 31.2 Å². The Labute approximate surface area is 91.0 Å². The van der Waals surface area contributed by atoms with Crippen LogP contribution in [0, 0.1) is 5.92 Å². The Bertz CT molecular complexity index is 319. The molecule has 0 aliphatic heterocycles. The maximum Gasteiger partial charge on any atom is 0.227 e. The summed E-state index contributed by atoms with van der Waals surface area (Å²) in [6.07, 6.45) is 3.36. The molecule has 1 atom stereocenters. The third kappa shape index (κ3) is 3.58. The number of hydrogen-bond donors (Lipinski definition) is 1. The van der Waals surface area contributed by atoms with Crippen molar-refractivity contribution in [2.75, 3.05) is 5.32 Å². The smallest absolute Gasteiger partial charge is 0.227 e. The molecule has 0 saturated carbocycles. The Morgan fingerprint density at radius 3 is 2.67 bits per heavy atom. The fourth-order valence-electron chi connectivity index (χ4n) is 1.43. The lowest BCUT2D eigenvalue weighted by atomic mass is 10.0. The fraction of sp³-hybridized carbons (Fsp3) is 0.308. The van der Waals surface area contributed by atoms with Gasteiger partial charge in [0.1, 0.15) is 0 Å². The van der Waals surface area contributed by atoms with Crippen molar-refractivity contribution in [3.8, 4) is 0 Å².